The summed E-state index contributed by atoms with van der Waals surface area (Å²) in [5.74, 6) is -1.82. The predicted octanol–water partition coefficient (Wildman–Crippen LogP) is 5.02. The lowest BCUT2D eigenvalue weighted by molar-refractivity contribution is -0.252. The number of cyclic esters (lactones) is 2. The van der Waals surface area contributed by atoms with E-state index in [-0.39, 0.29) is 37.7 Å². The number of rotatable bonds is 7. The monoisotopic (exact) mass is 654 g/mol. The summed E-state index contributed by atoms with van der Waals surface area (Å²) in [5, 5.41) is 5.90. The smallest absolute Gasteiger partial charge is 0.347 e. The van der Waals surface area contributed by atoms with Crippen LogP contribution in [0, 0.1) is 5.92 Å². The average Bonchev–Trinajstić information content (AvgIpc) is 2.98. The van der Waals surface area contributed by atoms with Crippen molar-refractivity contribution in [2.24, 2.45) is 5.92 Å². The molecule has 46 heavy (non-hydrogen) atoms. The van der Waals surface area contributed by atoms with Gasteiger partial charge in [-0.05, 0) is 55.5 Å². The van der Waals surface area contributed by atoms with Gasteiger partial charge in [-0.2, -0.15) is 0 Å². The molecule has 0 aliphatic carbocycles. The van der Waals surface area contributed by atoms with Crippen molar-refractivity contribution in [2.45, 2.75) is 95.8 Å². The maximum Gasteiger partial charge on any atom is 0.347 e. The van der Waals surface area contributed by atoms with Crippen molar-refractivity contribution in [3.63, 3.8) is 0 Å². The Bertz CT molecular complexity index is 1420. The third-order valence-corrected chi connectivity index (χ3v) is 8.40. The third kappa shape index (κ3) is 9.33. The number of carbonyl (C=O) groups is 4. The number of amides is 2. The normalized spacial score (nSPS) is 28.7. The van der Waals surface area contributed by atoms with Gasteiger partial charge in [-0.1, -0.05) is 67.9 Å². The molecule has 248 valence electrons. The van der Waals surface area contributed by atoms with Gasteiger partial charge in [0.25, 0.3) is 0 Å². The molecule has 11 heteroatoms. The second-order valence-corrected chi connectivity index (χ2v) is 13.0. The highest BCUT2D eigenvalue weighted by atomic mass is 35.5. The maximum atomic E-state index is 13.5. The molecule has 2 aliphatic rings. The van der Waals surface area contributed by atoms with Crippen molar-refractivity contribution in [3.8, 4) is 5.75 Å². The van der Waals surface area contributed by atoms with Crippen LogP contribution in [0.4, 0.5) is 0 Å². The molecule has 2 amide bonds. The van der Waals surface area contributed by atoms with Gasteiger partial charge in [0.2, 0.25) is 11.8 Å². The summed E-state index contributed by atoms with van der Waals surface area (Å²) in [6.45, 7) is 7.34. The first-order valence-electron chi connectivity index (χ1n) is 15.6. The first-order chi connectivity index (χ1) is 21.9. The Balaban J connectivity index is 1.59. The van der Waals surface area contributed by atoms with Crippen LogP contribution < -0.4 is 15.4 Å². The van der Waals surface area contributed by atoms with Crippen LogP contribution in [0.25, 0.3) is 0 Å². The zero-order valence-electron chi connectivity index (χ0n) is 26.9. The number of esters is 2. The molecule has 2 aliphatic heterocycles. The molecule has 6 atom stereocenters. The van der Waals surface area contributed by atoms with Crippen molar-refractivity contribution in [1.29, 1.82) is 0 Å². The Kier molecular flexibility index (Phi) is 11.9. The highest BCUT2D eigenvalue weighted by Crippen LogP contribution is 2.46. The van der Waals surface area contributed by atoms with Gasteiger partial charge in [0, 0.05) is 25.3 Å². The van der Waals surface area contributed by atoms with E-state index in [9.17, 15) is 19.2 Å². The minimum absolute atomic E-state index is 0.0281. The molecule has 1 saturated heterocycles. The number of hydrogen-bond acceptors (Lipinski definition) is 8. The highest BCUT2D eigenvalue weighted by molar-refractivity contribution is 6.32. The van der Waals surface area contributed by atoms with Crippen molar-refractivity contribution in [2.75, 3.05) is 7.11 Å². The maximum absolute atomic E-state index is 13.5. The fraction of sp³-hybridized carbons (Fsp3) is 0.486. The van der Waals surface area contributed by atoms with Crippen molar-refractivity contribution >= 4 is 35.4 Å². The van der Waals surface area contributed by atoms with E-state index in [4.69, 9.17) is 30.5 Å². The van der Waals surface area contributed by atoms with Crippen LogP contribution in [-0.2, 0) is 39.8 Å². The number of carbonyl (C=O) groups excluding carboxylic acids is 4. The molecule has 2 N–H and O–H groups in total. The summed E-state index contributed by atoms with van der Waals surface area (Å²) in [4.78, 5) is 52.9. The summed E-state index contributed by atoms with van der Waals surface area (Å²) < 4.78 is 23.2. The second-order valence-electron chi connectivity index (χ2n) is 12.6. The minimum Gasteiger partial charge on any atom is -0.495 e. The number of methoxy groups -OCH3 is 1. The molecule has 4 rings (SSSR count). The van der Waals surface area contributed by atoms with Gasteiger partial charge in [0.05, 0.1) is 24.7 Å². The lowest BCUT2D eigenvalue weighted by atomic mass is 9.81. The van der Waals surface area contributed by atoms with Crippen LogP contribution in [0.3, 0.4) is 0 Å². The van der Waals surface area contributed by atoms with Crippen LogP contribution in [0.5, 0.6) is 5.75 Å². The summed E-state index contributed by atoms with van der Waals surface area (Å²) in [6, 6.07) is 13.2. The molecule has 0 radical (unpaired) electrons. The SMILES string of the molecule is COc1ccc(C[C@H]2NC(=O)/C=C/C[C@@H](C3(C)CC(c4ccccc4)O3)OC(=O)C(CC(C)C)OC(=O)CC(C)NC2=O)cc1Cl. The molecular weight excluding hydrogens is 612 g/mol. The van der Waals surface area contributed by atoms with Gasteiger partial charge >= 0.3 is 11.9 Å². The van der Waals surface area contributed by atoms with E-state index in [2.05, 4.69) is 10.6 Å². The van der Waals surface area contributed by atoms with E-state index in [1.165, 1.54) is 13.2 Å². The number of benzene rings is 2. The van der Waals surface area contributed by atoms with Gasteiger partial charge < -0.3 is 29.6 Å². The lowest BCUT2D eigenvalue weighted by Crippen LogP contribution is -2.54. The summed E-state index contributed by atoms with van der Waals surface area (Å²) >= 11 is 6.30. The van der Waals surface area contributed by atoms with Crippen molar-refractivity contribution in [1.82, 2.24) is 10.6 Å². The molecular formula is C35H43ClN2O8. The molecule has 0 saturated carbocycles. The Morgan fingerprint density at radius 2 is 1.76 bits per heavy atom. The van der Waals surface area contributed by atoms with Crippen LogP contribution in [0.1, 0.15) is 70.6 Å². The van der Waals surface area contributed by atoms with Crippen molar-refractivity contribution in [3.05, 3.63) is 76.8 Å². The number of ether oxygens (including phenoxy) is 4. The Morgan fingerprint density at radius 3 is 2.41 bits per heavy atom. The zero-order chi connectivity index (χ0) is 33.4. The highest BCUT2D eigenvalue weighted by Gasteiger charge is 2.50. The van der Waals surface area contributed by atoms with Crippen LogP contribution >= 0.6 is 11.6 Å². The van der Waals surface area contributed by atoms with Crippen LogP contribution in [0.15, 0.2) is 60.7 Å². The zero-order valence-corrected chi connectivity index (χ0v) is 27.7. The van der Waals surface area contributed by atoms with E-state index in [1.54, 1.807) is 31.2 Å². The largest absolute Gasteiger partial charge is 0.495 e. The topological polar surface area (TPSA) is 129 Å². The molecule has 2 aromatic rings. The van der Waals surface area contributed by atoms with Gasteiger partial charge in [0.1, 0.15) is 23.5 Å². The van der Waals surface area contributed by atoms with E-state index in [0.717, 1.165) is 5.56 Å². The number of hydrogen-bond donors (Lipinski definition) is 2. The van der Waals surface area contributed by atoms with E-state index in [1.807, 2.05) is 51.1 Å². The van der Waals surface area contributed by atoms with Gasteiger partial charge in [-0.3, -0.25) is 14.4 Å². The van der Waals surface area contributed by atoms with Gasteiger partial charge in [-0.25, -0.2) is 4.79 Å². The Hall–Kier alpha value is -3.89. The molecule has 1 fully saturated rings. The quantitative estimate of drug-likeness (QED) is 0.398. The number of nitrogens with one attached hydrogen (secondary N) is 2. The Labute approximate surface area is 275 Å². The van der Waals surface area contributed by atoms with Crippen LogP contribution in [0.2, 0.25) is 5.02 Å². The predicted molar refractivity (Wildman–Crippen MR) is 172 cm³/mol. The average molecular weight is 655 g/mol. The summed E-state index contributed by atoms with van der Waals surface area (Å²) in [5.41, 5.74) is 0.861. The molecule has 0 bridgehead atoms. The fourth-order valence-corrected chi connectivity index (χ4v) is 5.94. The first-order valence-corrected chi connectivity index (χ1v) is 16.0. The standard InChI is InChI=1S/C35H43ClN2O8/c1-21(2)16-28-34(42)45-30(35(4)20-29(46-35)24-10-7-6-8-11-24)12-9-13-31(39)38-26(33(41)37-22(3)17-32(40)44-28)19-23-14-15-27(43-5)25(36)18-23/h6-11,13-15,18,21-22,26,28-30H,12,16-17,19-20H2,1-5H3,(H,37,41)(H,38,39)/b13-9+/t22?,26-,28?,29?,30+,35?/m1/s1. The molecule has 0 spiro atoms. The summed E-state index contributed by atoms with van der Waals surface area (Å²) in [7, 11) is 1.50. The van der Waals surface area contributed by atoms with Crippen LogP contribution in [-0.4, -0.2) is 60.8 Å². The fourth-order valence-electron chi connectivity index (χ4n) is 5.65. The molecule has 0 aromatic heterocycles. The second kappa shape index (κ2) is 15.6. The molecule has 4 unspecified atom stereocenters. The van der Waals surface area contributed by atoms with E-state index in [0.29, 0.717) is 22.8 Å². The summed E-state index contributed by atoms with van der Waals surface area (Å²) in [6.07, 6.45) is 1.76. The molecule has 10 nitrogen and oxygen atoms in total. The van der Waals surface area contributed by atoms with E-state index >= 15 is 0 Å². The molecule has 2 heterocycles. The number of halogens is 1. The van der Waals surface area contributed by atoms with Gasteiger partial charge in [-0.15, -0.1) is 0 Å². The molecule has 2 aromatic carbocycles. The third-order valence-electron chi connectivity index (χ3n) is 8.11. The Morgan fingerprint density at radius 1 is 1.04 bits per heavy atom. The van der Waals surface area contributed by atoms with Gasteiger partial charge in [0.15, 0.2) is 6.10 Å². The first kappa shape index (κ1) is 35.0. The lowest BCUT2D eigenvalue weighted by Gasteiger charge is -2.49. The van der Waals surface area contributed by atoms with Crippen molar-refractivity contribution < 1.29 is 38.1 Å². The minimum atomic E-state index is -1.14. The van der Waals surface area contributed by atoms with E-state index < -0.39 is 53.6 Å².